The minimum atomic E-state index is -4.08. The molecule has 1 fully saturated rings. The number of rotatable bonds is 3. The standard InChI is InChI=1S/C12H17BrF3N3/c1-3-9-11(13)10(18(2)17-9)7-19-5-4-8(6-19)12(14,15)16/h8H,3-7H2,1-2H3. The smallest absolute Gasteiger partial charge is 0.297 e. The minimum Gasteiger partial charge on any atom is -0.297 e. The molecule has 1 unspecified atom stereocenters. The van der Waals surface area contributed by atoms with Gasteiger partial charge in [0.2, 0.25) is 0 Å². The summed E-state index contributed by atoms with van der Waals surface area (Å²) in [7, 11) is 1.83. The molecule has 2 rings (SSSR count). The molecule has 7 heteroatoms. The molecule has 0 amide bonds. The summed E-state index contributed by atoms with van der Waals surface area (Å²) in [6.45, 7) is 3.09. The van der Waals surface area contributed by atoms with Crippen molar-refractivity contribution in [2.24, 2.45) is 13.0 Å². The quantitative estimate of drug-likeness (QED) is 0.843. The molecule has 0 aromatic carbocycles. The van der Waals surface area contributed by atoms with Crippen molar-refractivity contribution in [3.63, 3.8) is 0 Å². The molecule has 0 bridgehead atoms. The third kappa shape index (κ3) is 3.13. The summed E-state index contributed by atoms with van der Waals surface area (Å²) in [5.41, 5.74) is 1.89. The summed E-state index contributed by atoms with van der Waals surface area (Å²) in [5, 5.41) is 4.36. The van der Waals surface area contributed by atoms with Crippen molar-refractivity contribution in [2.45, 2.75) is 32.5 Å². The van der Waals surface area contributed by atoms with E-state index in [4.69, 9.17) is 0 Å². The van der Waals surface area contributed by atoms with Crippen molar-refractivity contribution in [1.82, 2.24) is 14.7 Å². The van der Waals surface area contributed by atoms with E-state index in [9.17, 15) is 13.2 Å². The average Bonchev–Trinajstić information content (AvgIpc) is 2.88. The van der Waals surface area contributed by atoms with Gasteiger partial charge < -0.3 is 0 Å². The number of halogens is 4. The van der Waals surface area contributed by atoms with Crippen LogP contribution in [0.2, 0.25) is 0 Å². The molecule has 0 aliphatic carbocycles. The summed E-state index contributed by atoms with van der Waals surface area (Å²) in [4.78, 5) is 1.85. The van der Waals surface area contributed by atoms with Crippen LogP contribution in [0, 0.1) is 5.92 Å². The molecule has 0 spiro atoms. The van der Waals surface area contributed by atoms with Crippen molar-refractivity contribution in [3.8, 4) is 0 Å². The lowest BCUT2D eigenvalue weighted by molar-refractivity contribution is -0.170. The van der Waals surface area contributed by atoms with Gasteiger partial charge in [0.15, 0.2) is 0 Å². The Morgan fingerprint density at radius 2 is 2.11 bits per heavy atom. The maximum Gasteiger partial charge on any atom is 0.393 e. The van der Waals surface area contributed by atoms with E-state index in [0.29, 0.717) is 13.1 Å². The van der Waals surface area contributed by atoms with Gasteiger partial charge in [-0.1, -0.05) is 6.92 Å². The van der Waals surface area contributed by atoms with E-state index in [1.165, 1.54) is 0 Å². The van der Waals surface area contributed by atoms with Gasteiger partial charge in [-0.15, -0.1) is 0 Å². The van der Waals surface area contributed by atoms with Crippen LogP contribution >= 0.6 is 15.9 Å². The fourth-order valence-corrected chi connectivity index (χ4v) is 3.19. The van der Waals surface area contributed by atoms with Crippen LogP contribution in [0.5, 0.6) is 0 Å². The van der Waals surface area contributed by atoms with Gasteiger partial charge in [-0.25, -0.2) is 0 Å². The second kappa shape index (κ2) is 5.44. The van der Waals surface area contributed by atoms with E-state index >= 15 is 0 Å². The lowest BCUT2D eigenvalue weighted by Gasteiger charge is -2.17. The Labute approximate surface area is 118 Å². The van der Waals surface area contributed by atoms with E-state index in [1.807, 2.05) is 18.9 Å². The Hall–Kier alpha value is -0.560. The molecule has 1 saturated heterocycles. The maximum atomic E-state index is 12.6. The Morgan fingerprint density at radius 1 is 1.42 bits per heavy atom. The fraction of sp³-hybridized carbons (Fsp3) is 0.750. The van der Waals surface area contributed by atoms with Gasteiger partial charge >= 0.3 is 6.18 Å². The molecule has 3 nitrogen and oxygen atoms in total. The van der Waals surface area contributed by atoms with Crippen LogP contribution in [-0.2, 0) is 20.0 Å². The van der Waals surface area contributed by atoms with Crippen LogP contribution in [0.1, 0.15) is 24.7 Å². The second-order valence-corrected chi connectivity index (χ2v) is 5.74. The second-order valence-electron chi connectivity index (χ2n) is 4.95. The summed E-state index contributed by atoms with van der Waals surface area (Å²) < 4.78 is 40.6. The number of hydrogen-bond donors (Lipinski definition) is 0. The van der Waals surface area contributed by atoms with Crippen molar-refractivity contribution in [3.05, 3.63) is 15.9 Å². The molecular weight excluding hydrogens is 323 g/mol. The van der Waals surface area contributed by atoms with Crippen LogP contribution in [0.15, 0.2) is 4.47 Å². The first-order valence-electron chi connectivity index (χ1n) is 6.32. The molecule has 19 heavy (non-hydrogen) atoms. The van der Waals surface area contributed by atoms with Crippen molar-refractivity contribution in [2.75, 3.05) is 13.1 Å². The zero-order valence-corrected chi connectivity index (χ0v) is 12.6. The number of aromatic nitrogens is 2. The largest absolute Gasteiger partial charge is 0.393 e. The minimum absolute atomic E-state index is 0.0859. The van der Waals surface area contributed by atoms with Crippen molar-refractivity contribution < 1.29 is 13.2 Å². The number of hydrogen-bond acceptors (Lipinski definition) is 2. The molecule has 2 heterocycles. The molecule has 108 valence electrons. The zero-order chi connectivity index (χ0) is 14.2. The van der Waals surface area contributed by atoms with Gasteiger partial charge in [0.05, 0.1) is 21.8 Å². The Morgan fingerprint density at radius 3 is 2.58 bits per heavy atom. The summed E-state index contributed by atoms with van der Waals surface area (Å²) in [5.74, 6) is -1.19. The Bertz CT molecular complexity index is 456. The number of nitrogens with zero attached hydrogens (tertiary/aromatic N) is 3. The summed E-state index contributed by atoms with van der Waals surface area (Å²) in [6, 6.07) is 0. The topological polar surface area (TPSA) is 21.1 Å². The van der Waals surface area contributed by atoms with Gasteiger partial charge in [0.1, 0.15) is 0 Å². The van der Waals surface area contributed by atoms with E-state index < -0.39 is 12.1 Å². The zero-order valence-electron chi connectivity index (χ0n) is 11.0. The van der Waals surface area contributed by atoms with Crippen LogP contribution in [0.4, 0.5) is 13.2 Å². The highest BCUT2D eigenvalue weighted by Gasteiger charge is 2.43. The van der Waals surface area contributed by atoms with Crippen LogP contribution in [-0.4, -0.2) is 33.9 Å². The lowest BCUT2D eigenvalue weighted by Crippen LogP contribution is -2.27. The average molecular weight is 340 g/mol. The molecule has 0 saturated carbocycles. The number of likely N-dealkylation sites (tertiary alicyclic amines) is 1. The summed E-state index contributed by atoms with van der Waals surface area (Å²) >= 11 is 3.49. The van der Waals surface area contributed by atoms with E-state index in [-0.39, 0.29) is 13.0 Å². The molecule has 1 aliphatic rings. The van der Waals surface area contributed by atoms with Gasteiger partial charge in [-0.05, 0) is 35.3 Å². The van der Waals surface area contributed by atoms with Crippen LogP contribution in [0.25, 0.3) is 0 Å². The first kappa shape index (κ1) is 14.8. The molecule has 1 aromatic rings. The molecule has 1 atom stereocenters. The molecule has 0 radical (unpaired) electrons. The highest BCUT2D eigenvalue weighted by Crippen LogP contribution is 2.34. The number of alkyl halides is 3. The molecule has 0 N–H and O–H groups in total. The highest BCUT2D eigenvalue weighted by molar-refractivity contribution is 9.10. The van der Waals surface area contributed by atoms with Crippen LogP contribution < -0.4 is 0 Å². The fourth-order valence-electron chi connectivity index (χ4n) is 2.45. The Balaban J connectivity index is 2.05. The SMILES string of the molecule is CCc1nn(C)c(CN2CCC(C(F)(F)F)C2)c1Br. The Kier molecular flexibility index (Phi) is 4.25. The molecular formula is C12H17BrF3N3. The van der Waals surface area contributed by atoms with Crippen LogP contribution in [0.3, 0.4) is 0 Å². The normalized spacial score (nSPS) is 21.3. The molecule has 1 aromatic heterocycles. The lowest BCUT2D eigenvalue weighted by atomic mass is 10.1. The van der Waals surface area contributed by atoms with Gasteiger partial charge in [0, 0.05) is 20.1 Å². The van der Waals surface area contributed by atoms with Crippen molar-refractivity contribution >= 4 is 15.9 Å². The maximum absolute atomic E-state index is 12.6. The van der Waals surface area contributed by atoms with Gasteiger partial charge in [0.25, 0.3) is 0 Å². The monoisotopic (exact) mass is 339 g/mol. The van der Waals surface area contributed by atoms with E-state index in [0.717, 1.165) is 22.3 Å². The first-order chi connectivity index (χ1) is 8.82. The van der Waals surface area contributed by atoms with E-state index in [1.54, 1.807) is 4.68 Å². The molecule has 1 aliphatic heterocycles. The van der Waals surface area contributed by atoms with Gasteiger partial charge in [-0.3, -0.25) is 9.58 Å². The van der Waals surface area contributed by atoms with E-state index in [2.05, 4.69) is 21.0 Å². The third-order valence-electron chi connectivity index (χ3n) is 3.61. The number of aryl methyl sites for hydroxylation is 2. The van der Waals surface area contributed by atoms with Crippen molar-refractivity contribution in [1.29, 1.82) is 0 Å². The third-order valence-corrected chi connectivity index (χ3v) is 4.53. The highest BCUT2D eigenvalue weighted by atomic mass is 79.9. The predicted molar refractivity (Wildman–Crippen MR) is 69.7 cm³/mol. The predicted octanol–water partition coefficient (Wildman–Crippen LogP) is 3.13. The summed E-state index contributed by atoms with van der Waals surface area (Å²) in [6.07, 6.45) is -3.08. The van der Waals surface area contributed by atoms with Gasteiger partial charge in [-0.2, -0.15) is 18.3 Å². The first-order valence-corrected chi connectivity index (χ1v) is 7.11.